The second-order valence-corrected chi connectivity index (χ2v) is 6.95. The zero-order chi connectivity index (χ0) is 17.8. The van der Waals surface area contributed by atoms with Crippen LogP contribution in [0.3, 0.4) is 0 Å². The molecule has 0 saturated carbocycles. The Kier molecular flexibility index (Phi) is 7.14. The number of carbonyl (C=O) groups is 2. The Bertz CT molecular complexity index is 757. The number of halogens is 2. The highest BCUT2D eigenvalue weighted by molar-refractivity contribution is 7.12. The molecule has 3 rings (SSSR count). The van der Waals surface area contributed by atoms with E-state index < -0.39 is 0 Å². The minimum absolute atomic E-state index is 0. The summed E-state index contributed by atoms with van der Waals surface area (Å²) < 4.78 is 13.5. The minimum atomic E-state index is -0.319. The summed E-state index contributed by atoms with van der Waals surface area (Å²) in [6, 6.07) is 9.63. The van der Waals surface area contributed by atoms with Crippen LogP contribution in [0.5, 0.6) is 0 Å². The van der Waals surface area contributed by atoms with Gasteiger partial charge in [0.1, 0.15) is 5.82 Å². The molecule has 1 unspecified atom stereocenters. The Hall–Kier alpha value is -1.96. The van der Waals surface area contributed by atoms with Crippen LogP contribution in [-0.4, -0.2) is 54.8 Å². The van der Waals surface area contributed by atoms with Crippen molar-refractivity contribution in [2.75, 3.05) is 33.2 Å². The highest BCUT2D eigenvalue weighted by atomic mass is 35.5. The van der Waals surface area contributed by atoms with Crippen LogP contribution in [0.4, 0.5) is 4.39 Å². The number of piperazine rings is 1. The Morgan fingerprint density at radius 2 is 2.15 bits per heavy atom. The SMILES string of the molecule is CN(CC(=O)N1CCNCC1c1cccc(F)c1)C(=O)c1cccs1.Cl. The number of hydrogen-bond donors (Lipinski definition) is 1. The molecule has 0 spiro atoms. The van der Waals surface area contributed by atoms with Crippen LogP contribution in [-0.2, 0) is 4.79 Å². The number of carbonyl (C=O) groups excluding carboxylic acids is 2. The van der Waals surface area contributed by atoms with E-state index in [1.54, 1.807) is 24.1 Å². The second kappa shape index (κ2) is 9.12. The van der Waals surface area contributed by atoms with Crippen molar-refractivity contribution in [1.82, 2.24) is 15.1 Å². The Morgan fingerprint density at radius 1 is 1.35 bits per heavy atom. The summed E-state index contributed by atoms with van der Waals surface area (Å²) in [5.74, 6) is -0.621. The molecule has 0 bridgehead atoms. The fourth-order valence-electron chi connectivity index (χ4n) is 2.97. The zero-order valence-electron chi connectivity index (χ0n) is 14.4. The summed E-state index contributed by atoms with van der Waals surface area (Å²) >= 11 is 1.35. The lowest BCUT2D eigenvalue weighted by Crippen LogP contribution is -2.51. The van der Waals surface area contributed by atoms with Crippen molar-refractivity contribution < 1.29 is 14.0 Å². The Balaban J connectivity index is 0.00000243. The molecule has 1 saturated heterocycles. The molecule has 1 aromatic carbocycles. The highest BCUT2D eigenvalue weighted by Crippen LogP contribution is 2.23. The van der Waals surface area contributed by atoms with E-state index in [0.29, 0.717) is 24.5 Å². The molecule has 0 aliphatic carbocycles. The molecule has 1 aliphatic heterocycles. The van der Waals surface area contributed by atoms with Crippen molar-refractivity contribution >= 4 is 35.6 Å². The maximum Gasteiger partial charge on any atom is 0.264 e. The lowest BCUT2D eigenvalue weighted by Gasteiger charge is -2.37. The summed E-state index contributed by atoms with van der Waals surface area (Å²) in [5, 5.41) is 5.07. The first-order chi connectivity index (χ1) is 12.1. The molecular formula is C18H21ClFN3O2S. The molecule has 1 aromatic heterocycles. The maximum atomic E-state index is 13.5. The van der Waals surface area contributed by atoms with Gasteiger partial charge in [-0.2, -0.15) is 0 Å². The van der Waals surface area contributed by atoms with Crippen molar-refractivity contribution in [2.45, 2.75) is 6.04 Å². The third kappa shape index (κ3) is 4.60. The average molecular weight is 398 g/mol. The molecule has 2 amide bonds. The number of nitrogens with zero attached hydrogens (tertiary/aromatic N) is 2. The quantitative estimate of drug-likeness (QED) is 0.862. The molecule has 2 heterocycles. The Labute approximate surface area is 162 Å². The first-order valence-corrected chi connectivity index (χ1v) is 8.99. The number of nitrogens with one attached hydrogen (secondary N) is 1. The molecule has 1 fully saturated rings. The first-order valence-electron chi connectivity index (χ1n) is 8.11. The maximum absolute atomic E-state index is 13.5. The van der Waals surface area contributed by atoms with E-state index in [0.717, 1.165) is 5.56 Å². The average Bonchev–Trinajstić information content (AvgIpc) is 3.15. The van der Waals surface area contributed by atoms with Gasteiger partial charge in [0.2, 0.25) is 5.91 Å². The molecule has 1 N–H and O–H groups in total. The number of rotatable bonds is 4. The lowest BCUT2D eigenvalue weighted by molar-refractivity contribution is -0.135. The molecule has 2 aromatic rings. The molecule has 0 radical (unpaired) electrons. The Morgan fingerprint density at radius 3 is 2.85 bits per heavy atom. The fraction of sp³-hybridized carbons (Fsp3) is 0.333. The number of likely N-dealkylation sites (N-methyl/N-ethyl adjacent to an activating group) is 1. The van der Waals surface area contributed by atoms with Crippen LogP contribution in [0.15, 0.2) is 41.8 Å². The first kappa shape index (κ1) is 20.4. The van der Waals surface area contributed by atoms with Crippen LogP contribution in [0.2, 0.25) is 0 Å². The molecular weight excluding hydrogens is 377 g/mol. The van der Waals surface area contributed by atoms with E-state index in [1.807, 2.05) is 17.5 Å². The van der Waals surface area contributed by atoms with Crippen molar-refractivity contribution in [3.8, 4) is 0 Å². The van der Waals surface area contributed by atoms with Gasteiger partial charge in [0.05, 0.1) is 17.5 Å². The molecule has 5 nitrogen and oxygen atoms in total. The van der Waals surface area contributed by atoms with Gasteiger partial charge in [-0.05, 0) is 29.1 Å². The number of benzene rings is 1. The van der Waals surface area contributed by atoms with Crippen LogP contribution in [0, 0.1) is 5.82 Å². The van der Waals surface area contributed by atoms with Crippen molar-refractivity contribution in [3.05, 3.63) is 58.0 Å². The standard InChI is InChI=1S/C18H20FN3O2S.ClH/c1-21(18(24)16-6-3-9-25-16)12-17(23)22-8-7-20-11-15(22)13-4-2-5-14(19)10-13;/h2-6,9-10,15,20H,7-8,11-12H2,1H3;1H. The molecule has 1 atom stereocenters. The molecule has 26 heavy (non-hydrogen) atoms. The van der Waals surface area contributed by atoms with Gasteiger partial charge in [0.15, 0.2) is 0 Å². The molecule has 1 aliphatic rings. The number of amides is 2. The summed E-state index contributed by atoms with van der Waals surface area (Å²) in [6.45, 7) is 1.78. The topological polar surface area (TPSA) is 52.7 Å². The summed E-state index contributed by atoms with van der Waals surface area (Å²) in [5.41, 5.74) is 0.757. The number of hydrogen-bond acceptors (Lipinski definition) is 4. The van der Waals surface area contributed by atoms with Gasteiger partial charge in [-0.25, -0.2) is 4.39 Å². The van der Waals surface area contributed by atoms with E-state index in [2.05, 4.69) is 5.32 Å². The smallest absolute Gasteiger partial charge is 0.264 e. The lowest BCUT2D eigenvalue weighted by atomic mass is 10.0. The van der Waals surface area contributed by atoms with E-state index in [1.165, 1.54) is 28.4 Å². The van der Waals surface area contributed by atoms with Crippen LogP contribution in [0.1, 0.15) is 21.3 Å². The third-order valence-electron chi connectivity index (χ3n) is 4.25. The summed E-state index contributed by atoms with van der Waals surface area (Å²) in [6.07, 6.45) is 0. The van der Waals surface area contributed by atoms with Gasteiger partial charge in [0.25, 0.3) is 5.91 Å². The van der Waals surface area contributed by atoms with Crippen molar-refractivity contribution in [1.29, 1.82) is 0 Å². The third-order valence-corrected chi connectivity index (χ3v) is 5.11. The van der Waals surface area contributed by atoms with E-state index in [9.17, 15) is 14.0 Å². The van der Waals surface area contributed by atoms with E-state index >= 15 is 0 Å². The van der Waals surface area contributed by atoms with Crippen LogP contribution >= 0.6 is 23.7 Å². The molecule has 140 valence electrons. The van der Waals surface area contributed by atoms with E-state index in [-0.39, 0.29) is 42.6 Å². The highest BCUT2D eigenvalue weighted by Gasteiger charge is 2.29. The predicted octanol–water partition coefficient (Wildman–Crippen LogP) is 2.55. The van der Waals surface area contributed by atoms with Gasteiger partial charge < -0.3 is 15.1 Å². The largest absolute Gasteiger partial charge is 0.332 e. The predicted molar refractivity (Wildman–Crippen MR) is 102 cm³/mol. The van der Waals surface area contributed by atoms with E-state index in [4.69, 9.17) is 0 Å². The van der Waals surface area contributed by atoms with Crippen LogP contribution < -0.4 is 5.32 Å². The molecule has 8 heteroatoms. The van der Waals surface area contributed by atoms with Gasteiger partial charge in [0, 0.05) is 26.7 Å². The minimum Gasteiger partial charge on any atom is -0.332 e. The zero-order valence-corrected chi connectivity index (χ0v) is 16.0. The van der Waals surface area contributed by atoms with Gasteiger partial charge in [-0.15, -0.1) is 23.7 Å². The van der Waals surface area contributed by atoms with Crippen molar-refractivity contribution in [2.24, 2.45) is 0 Å². The van der Waals surface area contributed by atoms with Crippen molar-refractivity contribution in [3.63, 3.8) is 0 Å². The number of thiophene rings is 1. The fourth-order valence-corrected chi connectivity index (χ4v) is 3.69. The van der Waals surface area contributed by atoms with Crippen LogP contribution in [0.25, 0.3) is 0 Å². The summed E-state index contributed by atoms with van der Waals surface area (Å²) in [4.78, 5) is 28.9. The normalized spacial score (nSPS) is 16.7. The van der Waals surface area contributed by atoms with Gasteiger partial charge >= 0.3 is 0 Å². The second-order valence-electron chi connectivity index (χ2n) is 6.00. The summed E-state index contributed by atoms with van der Waals surface area (Å²) in [7, 11) is 1.62. The van der Waals surface area contributed by atoms with Gasteiger partial charge in [-0.3, -0.25) is 9.59 Å². The van der Waals surface area contributed by atoms with Gasteiger partial charge in [-0.1, -0.05) is 18.2 Å². The monoisotopic (exact) mass is 397 g/mol.